The fourth-order valence-corrected chi connectivity index (χ4v) is 2.52. The first-order valence-corrected chi connectivity index (χ1v) is 7.13. The van der Waals surface area contributed by atoms with E-state index in [2.05, 4.69) is 15.6 Å². The summed E-state index contributed by atoms with van der Waals surface area (Å²) in [7, 11) is -0.935. The van der Waals surface area contributed by atoms with Crippen LogP contribution in [0.15, 0.2) is 18.2 Å². The highest BCUT2D eigenvalue weighted by molar-refractivity contribution is 6.61. The zero-order chi connectivity index (χ0) is 15.9. The van der Waals surface area contributed by atoms with Crippen LogP contribution in [-0.2, 0) is 11.3 Å². The zero-order valence-electron chi connectivity index (χ0n) is 12.7. The van der Waals surface area contributed by atoms with Crippen LogP contribution in [0.4, 0.5) is 5.69 Å². The second kappa shape index (κ2) is 5.55. The second-order valence-corrected chi connectivity index (χ2v) is 5.59. The van der Waals surface area contributed by atoms with Gasteiger partial charge in [0.1, 0.15) is 0 Å². The first kappa shape index (κ1) is 14.7. The lowest BCUT2D eigenvalue weighted by molar-refractivity contribution is 0.102. The van der Waals surface area contributed by atoms with Crippen LogP contribution in [0.2, 0.25) is 0 Å². The number of hydrogen-bond acceptors (Lipinski definition) is 5. The molecule has 0 unspecified atom stereocenters. The Balaban J connectivity index is 1.82. The molecule has 0 saturated heterocycles. The van der Waals surface area contributed by atoms with Crippen molar-refractivity contribution in [1.29, 1.82) is 0 Å². The van der Waals surface area contributed by atoms with E-state index in [1.54, 1.807) is 16.8 Å². The van der Waals surface area contributed by atoms with E-state index < -0.39 is 7.12 Å². The number of benzene rings is 1. The standard InChI is InChI=1S/C14H17BN4O3/c1-8(2)19-9(3)13(17-18-19)14(20)16-11-5-4-10-7-22-15(21)12(10)6-11/h4-6,8,21H,7H2,1-3H3,(H,16,20). The molecule has 1 aliphatic heterocycles. The van der Waals surface area contributed by atoms with E-state index in [9.17, 15) is 9.82 Å². The Kier molecular flexibility index (Phi) is 3.72. The molecule has 0 spiro atoms. The first-order valence-electron chi connectivity index (χ1n) is 7.13. The normalized spacial score (nSPS) is 13.6. The summed E-state index contributed by atoms with van der Waals surface area (Å²) in [6.45, 7) is 6.15. The number of rotatable bonds is 3. The van der Waals surface area contributed by atoms with Gasteiger partial charge in [0, 0.05) is 11.7 Å². The van der Waals surface area contributed by atoms with Crippen LogP contribution in [0.5, 0.6) is 0 Å². The smallest absolute Gasteiger partial charge is 0.423 e. The Morgan fingerprint density at radius 1 is 1.50 bits per heavy atom. The van der Waals surface area contributed by atoms with Crippen molar-refractivity contribution >= 4 is 24.2 Å². The number of anilines is 1. The number of amides is 1. The number of carbonyl (C=O) groups is 1. The van der Waals surface area contributed by atoms with E-state index in [0.717, 1.165) is 11.3 Å². The minimum absolute atomic E-state index is 0.140. The van der Waals surface area contributed by atoms with Crippen molar-refractivity contribution in [3.05, 3.63) is 35.2 Å². The van der Waals surface area contributed by atoms with Crippen molar-refractivity contribution in [2.45, 2.75) is 33.4 Å². The molecule has 114 valence electrons. The van der Waals surface area contributed by atoms with E-state index in [1.165, 1.54) is 0 Å². The van der Waals surface area contributed by atoms with Gasteiger partial charge < -0.3 is 15.0 Å². The SMILES string of the molecule is Cc1c(C(=O)Nc2ccc3c(c2)B(O)OC3)nnn1C(C)C. The number of fused-ring (bicyclic) bond motifs is 1. The molecule has 3 rings (SSSR count). The van der Waals surface area contributed by atoms with Gasteiger partial charge >= 0.3 is 7.12 Å². The Bertz CT molecular complexity index is 729. The Labute approximate surface area is 128 Å². The quantitative estimate of drug-likeness (QED) is 0.812. The van der Waals surface area contributed by atoms with Gasteiger partial charge in [0.05, 0.1) is 12.3 Å². The second-order valence-electron chi connectivity index (χ2n) is 5.59. The van der Waals surface area contributed by atoms with E-state index in [-0.39, 0.29) is 11.9 Å². The molecule has 0 saturated carbocycles. The highest BCUT2D eigenvalue weighted by Gasteiger charge is 2.27. The highest BCUT2D eigenvalue weighted by atomic mass is 16.5. The maximum absolute atomic E-state index is 12.3. The van der Waals surface area contributed by atoms with Gasteiger partial charge in [-0.2, -0.15) is 0 Å². The molecule has 1 aliphatic rings. The van der Waals surface area contributed by atoms with E-state index in [1.807, 2.05) is 26.8 Å². The molecule has 22 heavy (non-hydrogen) atoms. The molecule has 8 heteroatoms. The Hall–Kier alpha value is -2.19. The van der Waals surface area contributed by atoms with Gasteiger partial charge in [-0.3, -0.25) is 4.79 Å². The topological polar surface area (TPSA) is 89.3 Å². The van der Waals surface area contributed by atoms with Crippen LogP contribution >= 0.6 is 0 Å². The number of nitrogens with zero attached hydrogens (tertiary/aromatic N) is 3. The summed E-state index contributed by atoms with van der Waals surface area (Å²) in [6, 6.07) is 5.47. The lowest BCUT2D eigenvalue weighted by atomic mass is 9.79. The van der Waals surface area contributed by atoms with Crippen molar-refractivity contribution in [3.8, 4) is 0 Å². The molecule has 0 bridgehead atoms. The number of aromatic nitrogens is 3. The third-order valence-electron chi connectivity index (χ3n) is 3.70. The van der Waals surface area contributed by atoms with Crippen molar-refractivity contribution in [2.24, 2.45) is 0 Å². The maximum atomic E-state index is 12.3. The van der Waals surface area contributed by atoms with Gasteiger partial charge in [0.2, 0.25) is 0 Å². The van der Waals surface area contributed by atoms with Gasteiger partial charge in [0.15, 0.2) is 5.69 Å². The molecule has 2 N–H and O–H groups in total. The molecule has 0 aliphatic carbocycles. The van der Waals surface area contributed by atoms with Gasteiger partial charge in [-0.25, -0.2) is 4.68 Å². The van der Waals surface area contributed by atoms with Crippen LogP contribution in [0.1, 0.15) is 41.6 Å². The average Bonchev–Trinajstić information content (AvgIpc) is 3.03. The fraction of sp³-hybridized carbons (Fsp3) is 0.357. The predicted molar refractivity (Wildman–Crippen MR) is 81.9 cm³/mol. The zero-order valence-corrected chi connectivity index (χ0v) is 12.7. The van der Waals surface area contributed by atoms with Crippen LogP contribution in [0.3, 0.4) is 0 Å². The first-order chi connectivity index (χ1) is 10.5. The monoisotopic (exact) mass is 300 g/mol. The molecule has 1 aromatic heterocycles. The Morgan fingerprint density at radius 2 is 2.27 bits per heavy atom. The molecule has 2 aromatic rings. The van der Waals surface area contributed by atoms with Crippen molar-refractivity contribution in [2.75, 3.05) is 5.32 Å². The maximum Gasteiger partial charge on any atom is 0.491 e. The van der Waals surface area contributed by atoms with Crippen molar-refractivity contribution in [1.82, 2.24) is 15.0 Å². The largest absolute Gasteiger partial charge is 0.491 e. The molecule has 2 heterocycles. The minimum atomic E-state index is -0.935. The summed E-state index contributed by atoms with van der Waals surface area (Å²) < 4.78 is 6.84. The van der Waals surface area contributed by atoms with Crippen LogP contribution in [0.25, 0.3) is 0 Å². The third kappa shape index (κ3) is 2.51. The van der Waals surface area contributed by atoms with Crippen LogP contribution in [0, 0.1) is 6.92 Å². The van der Waals surface area contributed by atoms with Crippen molar-refractivity contribution < 1.29 is 14.5 Å². The minimum Gasteiger partial charge on any atom is -0.423 e. The van der Waals surface area contributed by atoms with E-state index in [0.29, 0.717) is 23.5 Å². The highest BCUT2D eigenvalue weighted by Crippen LogP contribution is 2.16. The summed E-state index contributed by atoms with van der Waals surface area (Å²) in [6.07, 6.45) is 0. The molecule has 0 radical (unpaired) electrons. The van der Waals surface area contributed by atoms with E-state index >= 15 is 0 Å². The number of nitrogens with one attached hydrogen (secondary N) is 1. The lowest BCUT2D eigenvalue weighted by Crippen LogP contribution is -2.28. The predicted octanol–water partition coefficient (Wildman–Crippen LogP) is 0.637. The summed E-state index contributed by atoms with van der Waals surface area (Å²) in [4.78, 5) is 12.3. The van der Waals surface area contributed by atoms with Crippen LogP contribution < -0.4 is 10.8 Å². The van der Waals surface area contributed by atoms with E-state index in [4.69, 9.17) is 4.65 Å². The average molecular weight is 300 g/mol. The molecule has 0 atom stereocenters. The summed E-state index contributed by atoms with van der Waals surface area (Å²) in [5.74, 6) is -0.322. The van der Waals surface area contributed by atoms with Gasteiger partial charge in [0.25, 0.3) is 5.91 Å². The molecular formula is C14H17BN4O3. The van der Waals surface area contributed by atoms with Gasteiger partial charge in [-0.15, -0.1) is 5.10 Å². The van der Waals surface area contributed by atoms with Gasteiger partial charge in [-0.1, -0.05) is 11.3 Å². The van der Waals surface area contributed by atoms with Crippen molar-refractivity contribution in [3.63, 3.8) is 0 Å². The summed E-state index contributed by atoms with van der Waals surface area (Å²) >= 11 is 0. The summed E-state index contributed by atoms with van der Waals surface area (Å²) in [5, 5.41) is 20.4. The Morgan fingerprint density at radius 3 is 2.95 bits per heavy atom. The molecule has 1 aromatic carbocycles. The lowest BCUT2D eigenvalue weighted by Gasteiger charge is -2.08. The molecule has 7 nitrogen and oxygen atoms in total. The third-order valence-corrected chi connectivity index (χ3v) is 3.70. The van der Waals surface area contributed by atoms with Crippen LogP contribution in [-0.4, -0.2) is 33.0 Å². The van der Waals surface area contributed by atoms with Gasteiger partial charge in [-0.05, 0) is 43.9 Å². The summed E-state index contributed by atoms with van der Waals surface area (Å²) in [5.41, 5.74) is 3.21. The number of hydrogen-bond donors (Lipinski definition) is 2. The molecular weight excluding hydrogens is 283 g/mol. The molecule has 1 amide bonds. The fourth-order valence-electron chi connectivity index (χ4n) is 2.52. The molecule has 0 fully saturated rings. The number of carbonyl (C=O) groups excluding carboxylic acids is 1.